The Hall–Kier alpha value is -2.32. The van der Waals surface area contributed by atoms with Crippen molar-refractivity contribution in [1.29, 1.82) is 0 Å². The molecule has 1 N–H and O–H groups in total. The van der Waals surface area contributed by atoms with E-state index >= 15 is 0 Å². The number of aliphatic carboxylic acids is 1. The van der Waals surface area contributed by atoms with Gasteiger partial charge in [-0.2, -0.15) is 0 Å². The highest BCUT2D eigenvalue weighted by atomic mass is 16.6. The van der Waals surface area contributed by atoms with Crippen LogP contribution in [0.25, 0.3) is 0 Å². The van der Waals surface area contributed by atoms with Gasteiger partial charge in [-0.05, 0) is 59.3 Å². The Bertz CT molecular complexity index is 688. The van der Waals surface area contributed by atoms with Gasteiger partial charge in [-0.1, -0.05) is 0 Å². The van der Waals surface area contributed by atoms with E-state index in [-0.39, 0.29) is 11.8 Å². The second kappa shape index (κ2) is 8.20. The predicted octanol–water partition coefficient (Wildman–Crippen LogP) is 1.45. The molecule has 9 heteroatoms. The number of ether oxygens (including phenoxy) is 1. The Kier molecular flexibility index (Phi) is 6.05. The van der Waals surface area contributed by atoms with E-state index in [9.17, 15) is 24.3 Å². The molecular weight excluding hydrogens is 378 g/mol. The van der Waals surface area contributed by atoms with Crippen molar-refractivity contribution < 1.29 is 29.0 Å². The van der Waals surface area contributed by atoms with Crippen LogP contribution < -0.4 is 0 Å². The maximum absolute atomic E-state index is 13.3. The zero-order chi connectivity index (χ0) is 21.3. The predicted molar refractivity (Wildman–Crippen MR) is 103 cm³/mol. The molecule has 3 rings (SSSR count). The zero-order valence-electron chi connectivity index (χ0n) is 17.4. The number of likely N-dealkylation sites (tertiary alicyclic amines) is 3. The molecule has 3 aliphatic rings. The number of hydrogen-bond acceptors (Lipinski definition) is 5. The van der Waals surface area contributed by atoms with Gasteiger partial charge in [0.1, 0.15) is 23.7 Å². The van der Waals surface area contributed by atoms with Gasteiger partial charge in [-0.15, -0.1) is 0 Å². The van der Waals surface area contributed by atoms with Crippen LogP contribution in [0.1, 0.15) is 59.3 Å². The molecule has 0 unspecified atom stereocenters. The lowest BCUT2D eigenvalue weighted by molar-refractivity contribution is -0.152. The van der Waals surface area contributed by atoms with Crippen LogP contribution in [0.3, 0.4) is 0 Å². The van der Waals surface area contributed by atoms with E-state index in [1.165, 1.54) is 9.80 Å². The summed E-state index contributed by atoms with van der Waals surface area (Å²) in [5, 5.41) is 9.38. The fraction of sp³-hybridized carbons (Fsp3) is 0.800. The number of amides is 3. The van der Waals surface area contributed by atoms with Crippen molar-refractivity contribution in [3.8, 4) is 0 Å². The summed E-state index contributed by atoms with van der Waals surface area (Å²) < 4.78 is 5.44. The normalized spacial score (nSPS) is 27.4. The standard InChI is InChI=1S/C20H31N3O6/c1-20(2,3)29-19(28)23-12-5-8-14(23)17(25)21-10-4-7-13(21)16(24)22-11-6-9-15(22)18(26)27/h13-15H,4-12H2,1-3H3,(H,26,27)/t13-,14+,15-/m1/s1. The van der Waals surface area contributed by atoms with Crippen molar-refractivity contribution in [2.75, 3.05) is 19.6 Å². The lowest BCUT2D eigenvalue weighted by Gasteiger charge is -2.34. The van der Waals surface area contributed by atoms with Gasteiger partial charge in [0.05, 0.1) is 0 Å². The molecule has 3 fully saturated rings. The van der Waals surface area contributed by atoms with Gasteiger partial charge >= 0.3 is 12.1 Å². The molecule has 29 heavy (non-hydrogen) atoms. The average molecular weight is 409 g/mol. The average Bonchev–Trinajstić information content (AvgIpc) is 3.38. The van der Waals surface area contributed by atoms with Crippen molar-refractivity contribution in [2.45, 2.75) is 83.0 Å². The molecule has 3 aliphatic heterocycles. The Morgan fingerprint density at radius 2 is 1.17 bits per heavy atom. The van der Waals surface area contributed by atoms with Crippen molar-refractivity contribution in [3.63, 3.8) is 0 Å². The fourth-order valence-electron chi connectivity index (χ4n) is 4.52. The van der Waals surface area contributed by atoms with E-state index in [0.29, 0.717) is 58.2 Å². The highest BCUT2D eigenvalue weighted by Crippen LogP contribution is 2.29. The first kappa shape index (κ1) is 21.4. The fourth-order valence-corrected chi connectivity index (χ4v) is 4.52. The maximum Gasteiger partial charge on any atom is 0.410 e. The molecule has 0 aromatic heterocycles. The topological polar surface area (TPSA) is 107 Å². The van der Waals surface area contributed by atoms with Crippen LogP contribution in [0.2, 0.25) is 0 Å². The first-order valence-corrected chi connectivity index (χ1v) is 10.4. The summed E-state index contributed by atoms with van der Waals surface area (Å²) in [6.07, 6.45) is 3.03. The van der Waals surface area contributed by atoms with Crippen molar-refractivity contribution in [1.82, 2.24) is 14.7 Å². The number of carboxylic acids is 1. The molecule has 3 atom stereocenters. The van der Waals surface area contributed by atoms with Crippen molar-refractivity contribution in [2.24, 2.45) is 0 Å². The molecule has 3 heterocycles. The van der Waals surface area contributed by atoms with E-state index in [1.807, 2.05) is 0 Å². The third-order valence-electron chi connectivity index (χ3n) is 5.81. The summed E-state index contributed by atoms with van der Waals surface area (Å²) in [5.41, 5.74) is -0.652. The first-order valence-electron chi connectivity index (χ1n) is 10.4. The summed E-state index contributed by atoms with van der Waals surface area (Å²) >= 11 is 0. The van der Waals surface area contributed by atoms with E-state index in [2.05, 4.69) is 0 Å². The van der Waals surface area contributed by atoms with Gasteiger partial charge in [0, 0.05) is 19.6 Å². The Morgan fingerprint density at radius 1 is 0.759 bits per heavy atom. The molecule has 3 saturated heterocycles. The largest absolute Gasteiger partial charge is 0.480 e. The molecule has 9 nitrogen and oxygen atoms in total. The van der Waals surface area contributed by atoms with Crippen LogP contribution in [0, 0.1) is 0 Å². The number of carboxylic acid groups (broad SMARTS) is 1. The van der Waals surface area contributed by atoms with Crippen molar-refractivity contribution >= 4 is 23.9 Å². The zero-order valence-corrected chi connectivity index (χ0v) is 17.4. The molecule has 0 aromatic rings. The summed E-state index contributed by atoms with van der Waals surface area (Å²) in [5.74, 6) is -1.53. The minimum Gasteiger partial charge on any atom is -0.480 e. The molecule has 0 bridgehead atoms. The Morgan fingerprint density at radius 3 is 1.66 bits per heavy atom. The Balaban J connectivity index is 1.71. The van der Waals surface area contributed by atoms with Gasteiger partial charge < -0.3 is 19.6 Å². The number of rotatable bonds is 3. The molecule has 0 spiro atoms. The van der Waals surface area contributed by atoms with E-state index in [0.717, 1.165) is 0 Å². The van der Waals surface area contributed by atoms with Crippen molar-refractivity contribution in [3.05, 3.63) is 0 Å². The van der Waals surface area contributed by atoms with E-state index in [1.54, 1.807) is 25.7 Å². The second-order valence-electron chi connectivity index (χ2n) is 9.05. The molecule has 162 valence electrons. The minimum atomic E-state index is -1.00. The van der Waals surface area contributed by atoms with Crippen LogP contribution in [0.4, 0.5) is 4.79 Å². The molecular formula is C20H31N3O6. The minimum absolute atomic E-state index is 0.240. The summed E-state index contributed by atoms with van der Waals surface area (Å²) in [4.78, 5) is 54.7. The van der Waals surface area contributed by atoms with Gasteiger partial charge in [0.15, 0.2) is 0 Å². The molecule has 0 radical (unpaired) electrons. The second-order valence-corrected chi connectivity index (χ2v) is 9.05. The van der Waals surface area contributed by atoms with Gasteiger partial charge in [-0.25, -0.2) is 9.59 Å². The highest BCUT2D eigenvalue weighted by Gasteiger charge is 2.46. The third kappa shape index (κ3) is 4.48. The first-order chi connectivity index (χ1) is 13.6. The number of hydrogen-bond donors (Lipinski definition) is 1. The molecule has 0 saturated carbocycles. The summed E-state index contributed by atoms with van der Waals surface area (Å²) in [7, 11) is 0. The van der Waals surface area contributed by atoms with E-state index in [4.69, 9.17) is 4.74 Å². The number of carbonyl (C=O) groups excluding carboxylic acids is 3. The lowest BCUT2D eigenvalue weighted by Crippen LogP contribution is -2.55. The van der Waals surface area contributed by atoms with Gasteiger partial charge in [-0.3, -0.25) is 14.5 Å². The Labute approximate surface area is 170 Å². The molecule has 3 amide bonds. The summed E-state index contributed by atoms with van der Waals surface area (Å²) in [6, 6.07) is -2.10. The SMILES string of the molecule is CC(C)(C)OC(=O)N1CCC[C@H]1C(=O)N1CCC[C@@H]1C(=O)N1CCC[C@@H]1C(=O)O. The van der Waals surface area contributed by atoms with Crippen LogP contribution in [0.5, 0.6) is 0 Å². The van der Waals surface area contributed by atoms with Gasteiger partial charge in [0.25, 0.3) is 0 Å². The van der Waals surface area contributed by atoms with Crippen LogP contribution in [-0.4, -0.2) is 87.0 Å². The van der Waals surface area contributed by atoms with Crippen LogP contribution >= 0.6 is 0 Å². The molecule has 0 aliphatic carbocycles. The monoisotopic (exact) mass is 409 g/mol. The maximum atomic E-state index is 13.3. The molecule has 0 aromatic carbocycles. The number of nitrogens with zero attached hydrogens (tertiary/aromatic N) is 3. The highest BCUT2D eigenvalue weighted by molar-refractivity contribution is 5.93. The number of carbonyl (C=O) groups is 4. The smallest absolute Gasteiger partial charge is 0.410 e. The van der Waals surface area contributed by atoms with Crippen LogP contribution in [0.15, 0.2) is 0 Å². The summed E-state index contributed by atoms with van der Waals surface area (Å²) in [6.45, 7) is 6.64. The van der Waals surface area contributed by atoms with E-state index < -0.39 is 35.8 Å². The van der Waals surface area contributed by atoms with Gasteiger partial charge in [0.2, 0.25) is 11.8 Å². The quantitative estimate of drug-likeness (QED) is 0.756. The lowest BCUT2D eigenvalue weighted by atomic mass is 10.1. The third-order valence-corrected chi connectivity index (χ3v) is 5.81. The van der Waals surface area contributed by atoms with Crippen LogP contribution in [-0.2, 0) is 19.1 Å².